The summed E-state index contributed by atoms with van der Waals surface area (Å²) < 4.78 is 1.98. The zero-order valence-electron chi connectivity index (χ0n) is 11.8. The molecule has 0 aromatic carbocycles. The van der Waals surface area contributed by atoms with Crippen molar-refractivity contribution in [2.24, 2.45) is 0 Å². The average molecular weight is 301 g/mol. The second kappa shape index (κ2) is 5.25. The fourth-order valence-electron chi connectivity index (χ4n) is 2.15. The summed E-state index contributed by atoms with van der Waals surface area (Å²) in [5.74, 6) is 1.05. The van der Waals surface area contributed by atoms with Gasteiger partial charge in [0.1, 0.15) is 16.0 Å². The minimum atomic E-state index is -0.258. The van der Waals surface area contributed by atoms with Gasteiger partial charge in [0.15, 0.2) is 5.65 Å². The van der Waals surface area contributed by atoms with Gasteiger partial charge in [-0.05, 0) is 17.7 Å². The molecule has 0 spiro atoms. The first-order chi connectivity index (χ1) is 10.1. The second-order valence-corrected chi connectivity index (χ2v) is 5.58. The van der Waals surface area contributed by atoms with Crippen molar-refractivity contribution in [3.8, 4) is 0 Å². The maximum atomic E-state index is 12.2. The molecule has 3 rings (SSSR count). The van der Waals surface area contributed by atoms with E-state index in [4.69, 9.17) is 12.2 Å². The van der Waals surface area contributed by atoms with Crippen molar-refractivity contribution in [1.82, 2.24) is 24.5 Å². The largest absolute Gasteiger partial charge is 0.338 e. The summed E-state index contributed by atoms with van der Waals surface area (Å²) in [5.41, 5.74) is 2.01. The summed E-state index contributed by atoms with van der Waals surface area (Å²) >= 11 is 5.22. The molecule has 3 aromatic heterocycles. The Balaban J connectivity index is 2.22. The van der Waals surface area contributed by atoms with Crippen LogP contribution in [0.4, 0.5) is 0 Å². The van der Waals surface area contributed by atoms with E-state index in [0.29, 0.717) is 22.3 Å². The molecule has 0 radical (unpaired) electrons. The van der Waals surface area contributed by atoms with Crippen molar-refractivity contribution in [3.63, 3.8) is 0 Å². The van der Waals surface area contributed by atoms with Crippen LogP contribution in [0.1, 0.15) is 31.2 Å². The van der Waals surface area contributed by atoms with Crippen LogP contribution >= 0.6 is 12.2 Å². The third-order valence-corrected chi connectivity index (χ3v) is 3.59. The summed E-state index contributed by atoms with van der Waals surface area (Å²) in [7, 11) is 0. The Kier molecular flexibility index (Phi) is 3.42. The van der Waals surface area contributed by atoms with Crippen molar-refractivity contribution < 1.29 is 0 Å². The van der Waals surface area contributed by atoms with Crippen LogP contribution in [0.2, 0.25) is 0 Å². The molecule has 3 heterocycles. The number of hydrogen-bond acceptors (Lipinski definition) is 4. The third kappa shape index (κ3) is 2.52. The van der Waals surface area contributed by atoms with Crippen LogP contribution in [-0.2, 0) is 6.54 Å². The molecule has 0 saturated heterocycles. The first kappa shape index (κ1) is 13.7. The van der Waals surface area contributed by atoms with Crippen LogP contribution in [0, 0.1) is 4.64 Å². The quantitative estimate of drug-likeness (QED) is 0.728. The summed E-state index contributed by atoms with van der Waals surface area (Å²) in [6.07, 6.45) is 3.40. The van der Waals surface area contributed by atoms with Gasteiger partial charge in [-0.2, -0.15) is 0 Å². The zero-order valence-corrected chi connectivity index (χ0v) is 12.6. The Bertz CT molecular complexity index is 891. The van der Waals surface area contributed by atoms with Crippen molar-refractivity contribution in [2.45, 2.75) is 26.3 Å². The van der Waals surface area contributed by atoms with Gasteiger partial charge in [-0.25, -0.2) is 9.78 Å². The third-order valence-electron chi connectivity index (χ3n) is 3.29. The van der Waals surface area contributed by atoms with Gasteiger partial charge in [0.25, 0.3) is 0 Å². The lowest BCUT2D eigenvalue weighted by Crippen LogP contribution is -2.24. The predicted octanol–water partition coefficient (Wildman–Crippen LogP) is 2.35. The summed E-state index contributed by atoms with van der Waals surface area (Å²) in [6, 6.07) is 3.74. The Labute approximate surface area is 125 Å². The number of aromatic nitrogens is 5. The van der Waals surface area contributed by atoms with Gasteiger partial charge < -0.3 is 4.98 Å². The van der Waals surface area contributed by atoms with E-state index in [1.807, 2.05) is 26.0 Å². The molecular weight excluding hydrogens is 286 g/mol. The highest BCUT2D eigenvalue weighted by Crippen LogP contribution is 2.16. The lowest BCUT2D eigenvalue weighted by molar-refractivity contribution is 0.744. The van der Waals surface area contributed by atoms with Crippen LogP contribution < -0.4 is 5.69 Å². The molecule has 7 heteroatoms. The molecular formula is C14H15N5OS. The van der Waals surface area contributed by atoms with Crippen LogP contribution in [-0.4, -0.2) is 24.5 Å². The Morgan fingerprint density at radius 3 is 2.67 bits per heavy atom. The Morgan fingerprint density at radius 2 is 2.00 bits per heavy atom. The molecule has 6 nitrogen and oxygen atoms in total. The normalized spacial score (nSPS) is 11.4. The lowest BCUT2D eigenvalue weighted by Gasteiger charge is -2.06. The lowest BCUT2D eigenvalue weighted by atomic mass is 10.2. The van der Waals surface area contributed by atoms with Gasteiger partial charge >= 0.3 is 5.69 Å². The number of imidazole rings is 1. The van der Waals surface area contributed by atoms with E-state index in [1.54, 1.807) is 17.0 Å². The molecule has 0 unspecified atom stereocenters. The number of fused-ring (bicyclic) bond motifs is 1. The van der Waals surface area contributed by atoms with Gasteiger partial charge in [0.05, 0.1) is 6.54 Å². The van der Waals surface area contributed by atoms with Crippen LogP contribution in [0.25, 0.3) is 11.2 Å². The molecule has 3 aromatic rings. The van der Waals surface area contributed by atoms with E-state index in [1.165, 1.54) is 0 Å². The van der Waals surface area contributed by atoms with Gasteiger partial charge in [-0.3, -0.25) is 14.5 Å². The van der Waals surface area contributed by atoms with Crippen molar-refractivity contribution >= 4 is 23.4 Å². The van der Waals surface area contributed by atoms with Gasteiger partial charge in [0.2, 0.25) is 0 Å². The van der Waals surface area contributed by atoms with Crippen molar-refractivity contribution in [1.29, 1.82) is 0 Å². The topological polar surface area (TPSA) is 79.4 Å². The van der Waals surface area contributed by atoms with Crippen LogP contribution in [0.15, 0.2) is 29.3 Å². The van der Waals surface area contributed by atoms with Gasteiger partial charge in [-0.1, -0.05) is 26.1 Å². The summed E-state index contributed by atoms with van der Waals surface area (Å²) in [4.78, 5) is 26.6. The standard InChI is InChI=1S/C14H15N5OS/c1-8(2)11-16-10-12(17-11)19(14(20)18-13(10)21)7-9-3-5-15-6-4-9/h3-6,8H,7H2,1-2H3,(H,16,17)(H,18,20,21). The van der Waals surface area contributed by atoms with Gasteiger partial charge in [0, 0.05) is 18.3 Å². The number of nitrogens with one attached hydrogen (secondary N) is 2. The second-order valence-electron chi connectivity index (χ2n) is 5.18. The molecule has 2 N–H and O–H groups in total. The summed E-state index contributed by atoms with van der Waals surface area (Å²) in [5, 5.41) is 0. The smallest absolute Gasteiger partial charge is 0.328 e. The number of nitrogens with zero attached hydrogens (tertiary/aromatic N) is 3. The number of rotatable bonds is 3. The van der Waals surface area contributed by atoms with Gasteiger partial charge in [-0.15, -0.1) is 0 Å². The van der Waals surface area contributed by atoms with E-state index < -0.39 is 0 Å². The molecule has 108 valence electrons. The monoisotopic (exact) mass is 301 g/mol. The van der Waals surface area contributed by atoms with Crippen LogP contribution in [0.3, 0.4) is 0 Å². The molecule has 0 saturated carbocycles. The van der Waals surface area contributed by atoms with Crippen molar-refractivity contribution in [2.75, 3.05) is 0 Å². The molecule has 0 amide bonds. The predicted molar refractivity (Wildman–Crippen MR) is 83.0 cm³/mol. The number of pyridine rings is 1. The maximum Gasteiger partial charge on any atom is 0.328 e. The van der Waals surface area contributed by atoms with E-state index in [-0.39, 0.29) is 11.6 Å². The average Bonchev–Trinajstić information content (AvgIpc) is 2.90. The molecule has 0 fully saturated rings. The van der Waals surface area contributed by atoms with Crippen molar-refractivity contribution in [3.05, 3.63) is 51.0 Å². The first-order valence-electron chi connectivity index (χ1n) is 6.68. The Hall–Kier alpha value is -2.28. The fraction of sp³-hybridized carbons (Fsp3) is 0.286. The fourth-order valence-corrected chi connectivity index (χ4v) is 2.38. The molecule has 21 heavy (non-hydrogen) atoms. The van der Waals surface area contributed by atoms with E-state index in [2.05, 4.69) is 19.9 Å². The van der Waals surface area contributed by atoms with Crippen LogP contribution in [0.5, 0.6) is 0 Å². The van der Waals surface area contributed by atoms with E-state index >= 15 is 0 Å². The number of aromatic amines is 2. The maximum absolute atomic E-state index is 12.2. The molecule has 0 aliphatic rings. The number of H-pyrrole nitrogens is 2. The Morgan fingerprint density at radius 1 is 1.29 bits per heavy atom. The molecule has 0 atom stereocenters. The highest BCUT2D eigenvalue weighted by molar-refractivity contribution is 7.71. The molecule has 0 bridgehead atoms. The zero-order chi connectivity index (χ0) is 15.0. The molecule has 0 aliphatic carbocycles. The minimum absolute atomic E-state index is 0.233. The highest BCUT2D eigenvalue weighted by Gasteiger charge is 2.13. The summed E-state index contributed by atoms with van der Waals surface area (Å²) in [6.45, 7) is 4.50. The number of hydrogen-bond donors (Lipinski definition) is 2. The molecule has 0 aliphatic heterocycles. The first-order valence-corrected chi connectivity index (χ1v) is 7.08. The SMILES string of the molecule is CC(C)c1nc2c([nH]1)c(=S)[nH]c(=O)n2Cc1ccncc1. The minimum Gasteiger partial charge on any atom is -0.338 e. The van der Waals surface area contributed by atoms with E-state index in [0.717, 1.165) is 11.4 Å². The highest BCUT2D eigenvalue weighted by atomic mass is 32.1. The van der Waals surface area contributed by atoms with E-state index in [9.17, 15) is 4.79 Å².